The van der Waals surface area contributed by atoms with Gasteiger partial charge in [0.1, 0.15) is 5.82 Å². The molecule has 0 atom stereocenters. The molecule has 1 aliphatic rings. The molecule has 19 heavy (non-hydrogen) atoms. The third-order valence-corrected chi connectivity index (χ3v) is 3.54. The van der Waals surface area contributed by atoms with Crippen LogP contribution in [0.5, 0.6) is 0 Å². The summed E-state index contributed by atoms with van der Waals surface area (Å²) in [5.41, 5.74) is 8.98. The second-order valence-electron chi connectivity index (χ2n) is 4.42. The Labute approximate surface area is 119 Å². The van der Waals surface area contributed by atoms with E-state index in [0.717, 1.165) is 40.9 Å². The summed E-state index contributed by atoms with van der Waals surface area (Å²) in [4.78, 5) is 8.84. The molecule has 5 nitrogen and oxygen atoms in total. The predicted octanol–water partition coefficient (Wildman–Crippen LogP) is 2.21. The second-order valence-corrected chi connectivity index (χ2v) is 5.34. The van der Waals surface area contributed by atoms with Crippen LogP contribution in [0.15, 0.2) is 28.7 Å². The number of nitrogens with zero attached hydrogens (tertiary/aromatic N) is 2. The second kappa shape index (κ2) is 5.14. The van der Waals surface area contributed by atoms with E-state index in [-0.39, 0.29) is 0 Å². The molecule has 1 aromatic carbocycles. The Balaban J connectivity index is 1.91. The first kappa shape index (κ1) is 12.4. The number of aromatic nitrogens is 2. The molecule has 1 aromatic heterocycles. The van der Waals surface area contributed by atoms with Gasteiger partial charge in [0, 0.05) is 22.3 Å². The number of benzene rings is 1. The van der Waals surface area contributed by atoms with Crippen molar-refractivity contribution in [1.82, 2.24) is 15.3 Å². The van der Waals surface area contributed by atoms with E-state index in [4.69, 9.17) is 5.73 Å². The molecule has 98 valence electrons. The van der Waals surface area contributed by atoms with Gasteiger partial charge in [0.15, 0.2) is 0 Å². The van der Waals surface area contributed by atoms with Crippen LogP contribution in [-0.4, -0.2) is 16.5 Å². The first-order chi connectivity index (χ1) is 9.22. The predicted molar refractivity (Wildman–Crippen MR) is 79.3 cm³/mol. The van der Waals surface area contributed by atoms with Crippen molar-refractivity contribution in [3.63, 3.8) is 0 Å². The minimum Gasteiger partial charge on any atom is -0.383 e. The van der Waals surface area contributed by atoms with Crippen LogP contribution < -0.4 is 16.4 Å². The molecule has 3 rings (SSSR count). The van der Waals surface area contributed by atoms with Crippen LogP contribution in [0.25, 0.3) is 0 Å². The number of nitrogens with two attached hydrogens (primary N) is 1. The molecule has 0 fully saturated rings. The van der Waals surface area contributed by atoms with E-state index in [2.05, 4.69) is 36.5 Å². The zero-order chi connectivity index (χ0) is 13.2. The van der Waals surface area contributed by atoms with E-state index in [1.165, 1.54) is 0 Å². The SMILES string of the molecule is Nc1nc(Nc2cccc(Br)c2)nc2c1CCNC2. The van der Waals surface area contributed by atoms with Gasteiger partial charge in [0.2, 0.25) is 5.95 Å². The van der Waals surface area contributed by atoms with Crippen LogP contribution >= 0.6 is 15.9 Å². The Kier molecular flexibility index (Phi) is 3.35. The summed E-state index contributed by atoms with van der Waals surface area (Å²) < 4.78 is 1.00. The lowest BCUT2D eigenvalue weighted by atomic mass is 10.1. The molecule has 2 heterocycles. The van der Waals surface area contributed by atoms with Gasteiger partial charge < -0.3 is 16.4 Å². The molecule has 0 bridgehead atoms. The average molecular weight is 320 g/mol. The zero-order valence-corrected chi connectivity index (χ0v) is 11.9. The fraction of sp³-hybridized carbons (Fsp3) is 0.231. The molecular formula is C13H14BrN5. The summed E-state index contributed by atoms with van der Waals surface area (Å²) in [6, 6.07) is 7.85. The first-order valence-electron chi connectivity index (χ1n) is 6.11. The van der Waals surface area contributed by atoms with Gasteiger partial charge in [-0.1, -0.05) is 22.0 Å². The van der Waals surface area contributed by atoms with Gasteiger partial charge in [-0.2, -0.15) is 4.98 Å². The fourth-order valence-corrected chi connectivity index (χ4v) is 2.54. The summed E-state index contributed by atoms with van der Waals surface area (Å²) in [5.74, 6) is 1.11. The number of fused-ring (bicyclic) bond motifs is 1. The lowest BCUT2D eigenvalue weighted by Gasteiger charge is -2.18. The average Bonchev–Trinajstić information content (AvgIpc) is 2.39. The molecule has 0 amide bonds. The van der Waals surface area contributed by atoms with E-state index >= 15 is 0 Å². The van der Waals surface area contributed by atoms with Gasteiger partial charge in [-0.25, -0.2) is 4.98 Å². The Morgan fingerprint density at radius 1 is 1.32 bits per heavy atom. The highest BCUT2D eigenvalue weighted by Crippen LogP contribution is 2.22. The molecule has 1 aliphatic heterocycles. The number of rotatable bonds is 2. The quantitative estimate of drug-likeness (QED) is 0.791. The van der Waals surface area contributed by atoms with Gasteiger partial charge in [-0.3, -0.25) is 0 Å². The van der Waals surface area contributed by atoms with E-state index in [9.17, 15) is 0 Å². The standard InChI is InChI=1S/C13H14BrN5/c14-8-2-1-3-9(6-8)17-13-18-11-7-16-5-4-10(11)12(15)19-13/h1-3,6,16H,4-5,7H2,(H3,15,17,18,19). The number of nitrogens with one attached hydrogen (secondary N) is 2. The Bertz CT molecular complexity index is 614. The topological polar surface area (TPSA) is 75.9 Å². The van der Waals surface area contributed by atoms with Crippen molar-refractivity contribution < 1.29 is 0 Å². The third-order valence-electron chi connectivity index (χ3n) is 3.05. The lowest BCUT2D eigenvalue weighted by Crippen LogP contribution is -2.26. The minimum absolute atomic E-state index is 0.540. The molecular weight excluding hydrogens is 306 g/mol. The first-order valence-corrected chi connectivity index (χ1v) is 6.90. The van der Waals surface area contributed by atoms with Gasteiger partial charge >= 0.3 is 0 Å². The van der Waals surface area contributed by atoms with E-state index in [1.807, 2.05) is 24.3 Å². The van der Waals surface area contributed by atoms with Gasteiger partial charge in [0.05, 0.1) is 5.69 Å². The molecule has 0 spiro atoms. The molecule has 0 saturated heterocycles. The minimum atomic E-state index is 0.540. The highest BCUT2D eigenvalue weighted by Gasteiger charge is 2.15. The van der Waals surface area contributed by atoms with Crippen molar-refractivity contribution in [2.45, 2.75) is 13.0 Å². The Hall–Kier alpha value is -1.66. The van der Waals surface area contributed by atoms with Crippen molar-refractivity contribution in [2.24, 2.45) is 0 Å². The van der Waals surface area contributed by atoms with Gasteiger partial charge in [-0.15, -0.1) is 0 Å². The van der Waals surface area contributed by atoms with Crippen molar-refractivity contribution in [3.8, 4) is 0 Å². The molecule has 4 N–H and O–H groups in total. The number of hydrogen-bond acceptors (Lipinski definition) is 5. The molecule has 0 unspecified atom stereocenters. The highest BCUT2D eigenvalue weighted by molar-refractivity contribution is 9.10. The van der Waals surface area contributed by atoms with Crippen LogP contribution in [-0.2, 0) is 13.0 Å². The summed E-state index contributed by atoms with van der Waals surface area (Å²) in [6.07, 6.45) is 0.887. The van der Waals surface area contributed by atoms with Crippen molar-refractivity contribution in [2.75, 3.05) is 17.6 Å². The summed E-state index contributed by atoms with van der Waals surface area (Å²) >= 11 is 3.43. The molecule has 2 aromatic rings. The normalized spacial score (nSPS) is 13.9. The van der Waals surface area contributed by atoms with Crippen LogP contribution in [0.3, 0.4) is 0 Å². The van der Waals surface area contributed by atoms with Crippen LogP contribution in [0.2, 0.25) is 0 Å². The van der Waals surface area contributed by atoms with Crippen LogP contribution in [0, 0.1) is 0 Å². The number of hydrogen-bond donors (Lipinski definition) is 3. The lowest BCUT2D eigenvalue weighted by molar-refractivity contribution is 0.626. The maximum atomic E-state index is 6.00. The summed E-state index contributed by atoms with van der Waals surface area (Å²) in [7, 11) is 0. The van der Waals surface area contributed by atoms with Gasteiger partial charge in [-0.05, 0) is 31.2 Å². The van der Waals surface area contributed by atoms with E-state index in [1.54, 1.807) is 0 Å². The summed E-state index contributed by atoms with van der Waals surface area (Å²) in [5, 5.41) is 6.46. The number of anilines is 3. The van der Waals surface area contributed by atoms with Crippen LogP contribution in [0.4, 0.5) is 17.5 Å². The van der Waals surface area contributed by atoms with E-state index in [0.29, 0.717) is 11.8 Å². The van der Waals surface area contributed by atoms with Crippen molar-refractivity contribution in [3.05, 3.63) is 40.0 Å². The zero-order valence-electron chi connectivity index (χ0n) is 10.3. The highest BCUT2D eigenvalue weighted by atomic mass is 79.9. The number of halogens is 1. The number of nitrogen functional groups attached to an aromatic ring is 1. The van der Waals surface area contributed by atoms with Crippen molar-refractivity contribution in [1.29, 1.82) is 0 Å². The van der Waals surface area contributed by atoms with Crippen molar-refractivity contribution >= 4 is 33.4 Å². The summed E-state index contributed by atoms with van der Waals surface area (Å²) in [6.45, 7) is 1.67. The van der Waals surface area contributed by atoms with Crippen LogP contribution in [0.1, 0.15) is 11.3 Å². The Morgan fingerprint density at radius 2 is 2.21 bits per heavy atom. The van der Waals surface area contributed by atoms with Gasteiger partial charge in [0.25, 0.3) is 0 Å². The maximum Gasteiger partial charge on any atom is 0.229 e. The largest absolute Gasteiger partial charge is 0.383 e. The Morgan fingerprint density at radius 3 is 3.05 bits per heavy atom. The smallest absolute Gasteiger partial charge is 0.229 e. The molecule has 0 saturated carbocycles. The molecule has 0 aliphatic carbocycles. The third kappa shape index (κ3) is 2.69. The van der Waals surface area contributed by atoms with E-state index < -0.39 is 0 Å². The fourth-order valence-electron chi connectivity index (χ4n) is 2.14. The monoisotopic (exact) mass is 319 g/mol. The molecule has 6 heteroatoms. The molecule has 0 radical (unpaired) electrons. The maximum absolute atomic E-state index is 6.00.